The summed E-state index contributed by atoms with van der Waals surface area (Å²) >= 11 is 0. The van der Waals surface area contributed by atoms with Gasteiger partial charge in [0.2, 0.25) is 5.91 Å². The summed E-state index contributed by atoms with van der Waals surface area (Å²) in [5, 5.41) is 3.40. The van der Waals surface area contributed by atoms with E-state index in [-0.39, 0.29) is 12.1 Å². The van der Waals surface area contributed by atoms with Crippen LogP contribution in [-0.2, 0) is 11.2 Å². The average Bonchev–Trinajstić information content (AvgIpc) is 3.00. The Labute approximate surface area is 178 Å². The molecular weight excluding hydrogens is 378 g/mol. The van der Waals surface area contributed by atoms with Gasteiger partial charge in [-0.2, -0.15) is 0 Å². The molecule has 2 aliphatic rings. The van der Waals surface area contributed by atoms with Crippen LogP contribution < -0.4 is 14.8 Å². The van der Waals surface area contributed by atoms with Gasteiger partial charge in [0.25, 0.3) is 0 Å². The Morgan fingerprint density at radius 2 is 1.53 bits per heavy atom. The van der Waals surface area contributed by atoms with Gasteiger partial charge in [0, 0.05) is 6.54 Å². The lowest BCUT2D eigenvalue weighted by Crippen LogP contribution is -2.54. The topological polar surface area (TPSA) is 54.0 Å². The number of nitrogens with zero attached hydrogens (tertiary/aromatic N) is 2. The van der Waals surface area contributed by atoms with Crippen molar-refractivity contribution in [3.63, 3.8) is 0 Å². The first-order valence-corrected chi connectivity index (χ1v) is 10.6. The van der Waals surface area contributed by atoms with Crippen LogP contribution in [0.3, 0.4) is 0 Å². The number of carbonyl (C=O) groups is 1. The third-order valence-electron chi connectivity index (χ3n) is 6.64. The Hall–Kier alpha value is -2.57. The van der Waals surface area contributed by atoms with E-state index in [1.54, 1.807) is 14.2 Å². The molecule has 0 saturated carbocycles. The molecule has 6 nitrogen and oxygen atoms in total. The number of rotatable bonds is 6. The van der Waals surface area contributed by atoms with Crippen molar-refractivity contribution in [1.82, 2.24) is 15.1 Å². The Morgan fingerprint density at radius 1 is 0.967 bits per heavy atom. The number of hydrogen-bond donors (Lipinski definition) is 1. The van der Waals surface area contributed by atoms with Crippen molar-refractivity contribution in [1.29, 1.82) is 0 Å². The van der Waals surface area contributed by atoms with Gasteiger partial charge >= 0.3 is 0 Å². The fraction of sp³-hybridized carbons (Fsp3) is 0.458. The second-order valence-corrected chi connectivity index (χ2v) is 8.14. The summed E-state index contributed by atoms with van der Waals surface area (Å²) in [7, 11) is 5.45. The number of likely N-dealkylation sites (N-methyl/N-ethyl adjacent to an activating group) is 1. The monoisotopic (exact) mass is 409 g/mol. The van der Waals surface area contributed by atoms with E-state index >= 15 is 0 Å². The highest BCUT2D eigenvalue weighted by Gasteiger charge is 2.55. The van der Waals surface area contributed by atoms with E-state index in [0.717, 1.165) is 49.4 Å². The molecule has 4 rings (SSSR count). The first-order chi connectivity index (χ1) is 14.6. The van der Waals surface area contributed by atoms with Crippen LogP contribution in [0.25, 0.3) is 0 Å². The summed E-state index contributed by atoms with van der Waals surface area (Å²) in [6, 6.07) is 16.2. The molecule has 2 aromatic carbocycles. The van der Waals surface area contributed by atoms with Gasteiger partial charge in [-0.3, -0.25) is 9.69 Å². The quantitative estimate of drug-likeness (QED) is 0.795. The van der Waals surface area contributed by atoms with Gasteiger partial charge in [0.15, 0.2) is 0 Å². The van der Waals surface area contributed by atoms with E-state index in [0.29, 0.717) is 6.54 Å². The predicted molar refractivity (Wildman–Crippen MR) is 117 cm³/mol. The molecule has 0 aromatic heterocycles. The van der Waals surface area contributed by atoms with Crippen LogP contribution >= 0.6 is 0 Å². The Bertz CT molecular complexity index is 860. The second kappa shape index (κ2) is 8.66. The Balaban J connectivity index is 1.61. The number of amides is 1. The molecule has 160 valence electrons. The lowest BCUT2D eigenvalue weighted by Gasteiger charge is -2.38. The maximum atomic E-state index is 13.7. The number of ether oxygens (including phenoxy) is 2. The molecule has 0 aliphatic carbocycles. The molecule has 2 heterocycles. The Morgan fingerprint density at radius 3 is 2.10 bits per heavy atom. The summed E-state index contributed by atoms with van der Waals surface area (Å²) < 4.78 is 10.6. The van der Waals surface area contributed by atoms with Crippen LogP contribution in [-0.4, -0.2) is 62.1 Å². The van der Waals surface area contributed by atoms with Gasteiger partial charge in [0.1, 0.15) is 23.2 Å². The average molecular weight is 410 g/mol. The normalized spacial score (nSPS) is 21.2. The molecule has 2 aromatic rings. The summed E-state index contributed by atoms with van der Waals surface area (Å²) in [5.74, 6) is 1.92. The van der Waals surface area contributed by atoms with Gasteiger partial charge < -0.3 is 19.7 Å². The molecular formula is C24H31N3O3. The van der Waals surface area contributed by atoms with Gasteiger partial charge in [-0.15, -0.1) is 0 Å². The van der Waals surface area contributed by atoms with Crippen LogP contribution in [0.4, 0.5) is 0 Å². The van der Waals surface area contributed by atoms with Crippen LogP contribution in [0.15, 0.2) is 48.5 Å². The molecule has 0 bridgehead atoms. The van der Waals surface area contributed by atoms with Crippen LogP contribution in [0, 0.1) is 0 Å². The zero-order valence-electron chi connectivity index (χ0n) is 18.1. The SMILES string of the molecule is COc1ccc(CCN2C(=O)C3(CCNCC3)N(C)C2c2ccc(OC)cc2)cc1. The van der Waals surface area contributed by atoms with E-state index in [1.165, 1.54) is 5.56 Å². The van der Waals surface area contributed by atoms with Gasteiger partial charge in [0.05, 0.1) is 14.2 Å². The molecule has 1 amide bonds. The number of methoxy groups -OCH3 is 2. The third kappa shape index (κ3) is 3.66. The summed E-state index contributed by atoms with van der Waals surface area (Å²) in [5.41, 5.74) is 1.90. The first kappa shape index (κ1) is 20.7. The molecule has 2 saturated heterocycles. The Kier molecular flexibility index (Phi) is 5.97. The molecule has 1 spiro atoms. The maximum Gasteiger partial charge on any atom is 0.244 e. The number of hydrogen-bond acceptors (Lipinski definition) is 5. The third-order valence-corrected chi connectivity index (χ3v) is 6.64. The van der Waals surface area contributed by atoms with Gasteiger partial charge in [-0.1, -0.05) is 24.3 Å². The summed E-state index contributed by atoms with van der Waals surface area (Å²) in [4.78, 5) is 18.1. The molecule has 1 unspecified atom stereocenters. The van der Waals surface area contributed by atoms with E-state index in [2.05, 4.69) is 46.4 Å². The van der Waals surface area contributed by atoms with Gasteiger partial charge in [-0.05, 0) is 74.8 Å². The van der Waals surface area contributed by atoms with Crippen molar-refractivity contribution in [2.75, 3.05) is 40.9 Å². The summed E-state index contributed by atoms with van der Waals surface area (Å²) in [6.07, 6.45) is 2.42. The minimum atomic E-state index is -0.421. The van der Waals surface area contributed by atoms with Crippen molar-refractivity contribution >= 4 is 5.91 Å². The van der Waals surface area contributed by atoms with E-state index in [4.69, 9.17) is 9.47 Å². The minimum Gasteiger partial charge on any atom is -0.497 e. The van der Waals surface area contributed by atoms with Crippen molar-refractivity contribution in [2.24, 2.45) is 0 Å². The van der Waals surface area contributed by atoms with Crippen LogP contribution in [0.5, 0.6) is 11.5 Å². The molecule has 2 fully saturated rings. The number of carbonyl (C=O) groups excluding carboxylic acids is 1. The highest BCUT2D eigenvalue weighted by atomic mass is 16.5. The first-order valence-electron chi connectivity index (χ1n) is 10.6. The lowest BCUT2D eigenvalue weighted by molar-refractivity contribution is -0.135. The fourth-order valence-electron chi connectivity index (χ4n) is 4.82. The predicted octanol–water partition coefficient (Wildman–Crippen LogP) is 2.84. The zero-order valence-corrected chi connectivity index (χ0v) is 18.1. The highest BCUT2D eigenvalue weighted by Crippen LogP contribution is 2.43. The molecule has 1 N–H and O–H groups in total. The molecule has 30 heavy (non-hydrogen) atoms. The smallest absolute Gasteiger partial charge is 0.244 e. The lowest BCUT2D eigenvalue weighted by atomic mass is 9.87. The molecule has 0 radical (unpaired) electrons. The fourth-order valence-corrected chi connectivity index (χ4v) is 4.82. The van der Waals surface area contributed by atoms with Crippen molar-refractivity contribution < 1.29 is 14.3 Å². The minimum absolute atomic E-state index is 0.0697. The molecule has 2 aliphatic heterocycles. The van der Waals surface area contributed by atoms with Crippen molar-refractivity contribution in [3.05, 3.63) is 59.7 Å². The number of benzene rings is 2. The van der Waals surface area contributed by atoms with Crippen LogP contribution in [0.1, 0.15) is 30.1 Å². The molecule has 6 heteroatoms. The van der Waals surface area contributed by atoms with E-state index in [1.807, 2.05) is 24.3 Å². The number of nitrogens with one attached hydrogen (secondary N) is 1. The van der Waals surface area contributed by atoms with Gasteiger partial charge in [-0.25, -0.2) is 0 Å². The maximum absolute atomic E-state index is 13.7. The van der Waals surface area contributed by atoms with E-state index < -0.39 is 5.54 Å². The largest absolute Gasteiger partial charge is 0.497 e. The van der Waals surface area contributed by atoms with Crippen molar-refractivity contribution in [2.45, 2.75) is 31.0 Å². The van der Waals surface area contributed by atoms with E-state index in [9.17, 15) is 4.79 Å². The second-order valence-electron chi connectivity index (χ2n) is 8.14. The van der Waals surface area contributed by atoms with Crippen LogP contribution in [0.2, 0.25) is 0 Å². The summed E-state index contributed by atoms with van der Waals surface area (Å²) in [6.45, 7) is 2.43. The van der Waals surface area contributed by atoms with Crippen molar-refractivity contribution in [3.8, 4) is 11.5 Å². The number of piperidine rings is 1. The standard InChI is InChI=1S/C24H31N3O3/c1-26-22(19-6-10-21(30-3)11-7-19)27(23(28)24(26)13-15-25-16-14-24)17-12-18-4-8-20(29-2)9-5-18/h4-11,22,25H,12-17H2,1-3H3. The molecule has 1 atom stereocenters. The zero-order chi connectivity index (χ0) is 21.1. The highest BCUT2D eigenvalue weighted by molar-refractivity contribution is 5.89.